The van der Waals surface area contributed by atoms with Crippen LogP contribution in [0.25, 0.3) is 10.9 Å². The van der Waals surface area contributed by atoms with E-state index in [0.29, 0.717) is 15.4 Å². The van der Waals surface area contributed by atoms with E-state index >= 15 is 0 Å². The average molecular weight is 352 g/mol. The molecule has 3 aromatic rings. The van der Waals surface area contributed by atoms with E-state index in [0.717, 1.165) is 16.7 Å². The van der Waals surface area contributed by atoms with E-state index < -0.39 is 11.6 Å². The van der Waals surface area contributed by atoms with E-state index in [9.17, 15) is 13.6 Å². The Balaban J connectivity index is 2.11. The molecule has 0 atom stereocenters. The maximum Gasteiger partial charge on any atom is 0.261 e. The van der Waals surface area contributed by atoms with Crippen LogP contribution in [0.4, 0.5) is 8.78 Å². The molecular weight excluding hydrogens is 344 g/mol. The summed E-state index contributed by atoms with van der Waals surface area (Å²) in [5.74, 6) is -1.44. The molecule has 3 rings (SSSR count). The molecule has 106 valence electrons. The van der Waals surface area contributed by atoms with Gasteiger partial charge in [0.2, 0.25) is 0 Å². The number of aromatic nitrogens is 3. The third-order valence-corrected chi connectivity index (χ3v) is 3.52. The molecule has 0 radical (unpaired) electrons. The van der Waals surface area contributed by atoms with Crippen LogP contribution in [0.3, 0.4) is 0 Å². The second-order valence-corrected chi connectivity index (χ2v) is 5.33. The summed E-state index contributed by atoms with van der Waals surface area (Å²) in [4.78, 5) is 20.2. The molecule has 0 fully saturated rings. The van der Waals surface area contributed by atoms with Gasteiger partial charge in [0.05, 0.1) is 30.0 Å². The second kappa shape index (κ2) is 5.33. The molecule has 0 bridgehead atoms. The van der Waals surface area contributed by atoms with Crippen molar-refractivity contribution in [3.8, 4) is 0 Å². The van der Waals surface area contributed by atoms with E-state index in [2.05, 4.69) is 25.9 Å². The molecule has 1 aromatic carbocycles. The van der Waals surface area contributed by atoms with Gasteiger partial charge in [-0.1, -0.05) is 15.9 Å². The lowest BCUT2D eigenvalue weighted by Crippen LogP contribution is -2.22. The van der Waals surface area contributed by atoms with Gasteiger partial charge in [-0.25, -0.2) is 13.8 Å². The lowest BCUT2D eigenvalue weighted by molar-refractivity contribution is 0.539. The van der Waals surface area contributed by atoms with Gasteiger partial charge in [-0.05, 0) is 18.2 Å². The number of halogens is 3. The zero-order valence-corrected chi connectivity index (χ0v) is 12.1. The van der Waals surface area contributed by atoms with Gasteiger partial charge in [0.15, 0.2) is 0 Å². The van der Waals surface area contributed by atoms with Crippen molar-refractivity contribution in [2.45, 2.75) is 6.54 Å². The van der Waals surface area contributed by atoms with Crippen molar-refractivity contribution in [3.63, 3.8) is 0 Å². The van der Waals surface area contributed by atoms with Crippen LogP contribution in [0.1, 0.15) is 5.56 Å². The predicted molar refractivity (Wildman–Crippen MR) is 77.0 cm³/mol. The van der Waals surface area contributed by atoms with E-state index in [1.165, 1.54) is 24.8 Å². The van der Waals surface area contributed by atoms with Crippen molar-refractivity contribution in [1.29, 1.82) is 0 Å². The number of fused-ring (bicyclic) bond motifs is 1. The van der Waals surface area contributed by atoms with Gasteiger partial charge in [-0.3, -0.25) is 14.3 Å². The summed E-state index contributed by atoms with van der Waals surface area (Å²) in [5.41, 5.74) is -0.116. The number of hydrogen-bond acceptors (Lipinski definition) is 3. The van der Waals surface area contributed by atoms with Crippen molar-refractivity contribution in [3.05, 3.63) is 68.9 Å². The lowest BCUT2D eigenvalue weighted by atomic mass is 10.2. The van der Waals surface area contributed by atoms with Crippen molar-refractivity contribution >= 4 is 26.8 Å². The summed E-state index contributed by atoms with van der Waals surface area (Å²) in [5, 5.41) is 0.352. The molecule has 4 nitrogen and oxygen atoms in total. The molecule has 0 saturated heterocycles. The smallest absolute Gasteiger partial charge is 0.261 e. The Morgan fingerprint density at radius 3 is 2.67 bits per heavy atom. The Morgan fingerprint density at radius 2 is 1.95 bits per heavy atom. The molecule has 0 N–H and O–H groups in total. The summed E-state index contributed by atoms with van der Waals surface area (Å²) < 4.78 is 29.1. The van der Waals surface area contributed by atoms with Crippen LogP contribution in [-0.4, -0.2) is 14.5 Å². The minimum atomic E-state index is -0.719. The minimum Gasteiger partial charge on any atom is -0.294 e. The Kier molecular flexibility index (Phi) is 3.50. The van der Waals surface area contributed by atoms with Crippen LogP contribution in [0.15, 0.2) is 46.2 Å². The van der Waals surface area contributed by atoms with E-state index in [1.54, 1.807) is 0 Å². The molecule has 0 spiro atoms. The fraction of sp³-hybridized carbons (Fsp3) is 0.0714. The van der Waals surface area contributed by atoms with Crippen LogP contribution in [0, 0.1) is 11.6 Å². The lowest BCUT2D eigenvalue weighted by Gasteiger charge is -2.09. The van der Waals surface area contributed by atoms with Crippen LogP contribution >= 0.6 is 15.9 Å². The Bertz CT molecular complexity index is 872. The van der Waals surface area contributed by atoms with Gasteiger partial charge in [0.25, 0.3) is 5.56 Å². The summed E-state index contributed by atoms with van der Waals surface area (Å²) >= 11 is 3.01. The molecule has 0 aliphatic carbocycles. The fourth-order valence-electron chi connectivity index (χ4n) is 2.02. The van der Waals surface area contributed by atoms with Crippen LogP contribution in [-0.2, 0) is 6.54 Å². The first-order valence-electron chi connectivity index (χ1n) is 5.99. The van der Waals surface area contributed by atoms with Gasteiger partial charge >= 0.3 is 0 Å². The predicted octanol–water partition coefficient (Wildman–Crippen LogP) is 2.88. The van der Waals surface area contributed by atoms with Crippen molar-refractivity contribution in [2.75, 3.05) is 0 Å². The number of pyridine rings is 1. The molecular formula is C14H8BrF2N3O. The zero-order chi connectivity index (χ0) is 15.0. The third-order valence-electron chi connectivity index (χ3n) is 3.06. The van der Waals surface area contributed by atoms with Gasteiger partial charge < -0.3 is 0 Å². The highest BCUT2D eigenvalue weighted by Gasteiger charge is 2.13. The first-order chi connectivity index (χ1) is 10.1. The number of benzene rings is 1. The van der Waals surface area contributed by atoms with Gasteiger partial charge in [0.1, 0.15) is 11.6 Å². The summed E-state index contributed by atoms with van der Waals surface area (Å²) in [6.45, 7) is -0.227. The number of rotatable bonds is 2. The summed E-state index contributed by atoms with van der Waals surface area (Å²) in [6, 6.07) is 3.83. The summed E-state index contributed by atoms with van der Waals surface area (Å²) in [7, 11) is 0. The minimum absolute atomic E-state index is 0.185. The first-order valence-corrected chi connectivity index (χ1v) is 6.78. The van der Waals surface area contributed by atoms with Crippen molar-refractivity contribution in [2.24, 2.45) is 0 Å². The molecule has 21 heavy (non-hydrogen) atoms. The number of nitrogens with zero attached hydrogens (tertiary/aromatic N) is 3. The second-order valence-electron chi connectivity index (χ2n) is 4.42. The molecule has 2 aromatic heterocycles. The SMILES string of the molecule is O=c1c2ccncc2ncn1Cc1c(F)cc(Br)cc1F. The Labute approximate surface area is 126 Å². The van der Waals surface area contributed by atoms with E-state index in [1.807, 2.05) is 0 Å². The first kappa shape index (κ1) is 13.8. The largest absolute Gasteiger partial charge is 0.294 e. The normalized spacial score (nSPS) is 11.0. The molecule has 0 aliphatic heterocycles. The standard InChI is InChI=1S/C14H8BrF2N3O/c15-8-3-11(16)10(12(17)4-8)6-20-7-19-13-5-18-2-1-9(13)14(20)21/h1-5,7H,6H2. The Hall–Kier alpha value is -2.15. The molecule has 0 saturated carbocycles. The highest BCUT2D eigenvalue weighted by atomic mass is 79.9. The van der Waals surface area contributed by atoms with Gasteiger partial charge in [-0.2, -0.15) is 0 Å². The average Bonchev–Trinajstić information content (AvgIpc) is 2.45. The van der Waals surface area contributed by atoms with Crippen LogP contribution in [0.5, 0.6) is 0 Å². The topological polar surface area (TPSA) is 47.8 Å². The van der Waals surface area contributed by atoms with Crippen molar-refractivity contribution < 1.29 is 8.78 Å². The van der Waals surface area contributed by atoms with Crippen LogP contribution < -0.4 is 5.56 Å². The number of hydrogen-bond donors (Lipinski definition) is 0. The molecule has 0 amide bonds. The van der Waals surface area contributed by atoms with Gasteiger partial charge in [0, 0.05) is 16.2 Å². The fourth-order valence-corrected chi connectivity index (χ4v) is 2.42. The van der Waals surface area contributed by atoms with Gasteiger partial charge in [-0.15, -0.1) is 0 Å². The van der Waals surface area contributed by atoms with E-state index in [-0.39, 0.29) is 17.7 Å². The quantitative estimate of drug-likeness (QED) is 0.713. The maximum absolute atomic E-state index is 13.8. The monoisotopic (exact) mass is 351 g/mol. The third kappa shape index (κ3) is 2.56. The molecule has 0 aliphatic rings. The maximum atomic E-state index is 13.8. The molecule has 0 unspecified atom stereocenters. The highest BCUT2D eigenvalue weighted by Crippen LogP contribution is 2.20. The summed E-state index contributed by atoms with van der Waals surface area (Å²) in [6.07, 6.45) is 4.19. The molecule has 7 heteroatoms. The highest BCUT2D eigenvalue weighted by molar-refractivity contribution is 9.10. The Morgan fingerprint density at radius 1 is 1.24 bits per heavy atom. The van der Waals surface area contributed by atoms with E-state index in [4.69, 9.17) is 0 Å². The molecule has 2 heterocycles. The van der Waals surface area contributed by atoms with Crippen molar-refractivity contribution in [1.82, 2.24) is 14.5 Å². The van der Waals surface area contributed by atoms with Crippen LogP contribution in [0.2, 0.25) is 0 Å². The zero-order valence-electron chi connectivity index (χ0n) is 10.6.